The Hall–Kier alpha value is -0.610. The van der Waals surface area contributed by atoms with Crippen LogP contribution in [0.5, 0.6) is 0 Å². The fraction of sp³-hybridized carbons (Fsp3) is 0.923. The number of hydrogen-bond donors (Lipinski definition) is 1. The monoisotopic (exact) mass is 241 g/mol. The highest BCUT2D eigenvalue weighted by Crippen LogP contribution is 2.12. The molecule has 0 bridgehead atoms. The van der Waals surface area contributed by atoms with E-state index in [9.17, 15) is 4.79 Å². The summed E-state index contributed by atoms with van der Waals surface area (Å²) in [5.41, 5.74) is 5.96. The van der Waals surface area contributed by atoms with E-state index >= 15 is 0 Å². The van der Waals surface area contributed by atoms with Gasteiger partial charge in [0.15, 0.2) is 0 Å². The molecule has 1 rings (SSSR count). The Morgan fingerprint density at radius 2 is 2.06 bits per heavy atom. The first-order chi connectivity index (χ1) is 7.95. The van der Waals surface area contributed by atoms with Crippen molar-refractivity contribution in [2.24, 2.45) is 11.7 Å². The van der Waals surface area contributed by atoms with E-state index in [0.717, 1.165) is 32.6 Å². The summed E-state index contributed by atoms with van der Waals surface area (Å²) in [5, 5.41) is 0. The molecule has 0 aromatic rings. The molecule has 0 saturated carbocycles. The number of carbonyl (C=O) groups excluding carboxylic acids is 1. The zero-order chi connectivity index (χ0) is 13.0. The maximum Gasteiger partial charge on any atom is 0.239 e. The minimum Gasteiger partial charge on any atom is -0.339 e. The van der Waals surface area contributed by atoms with E-state index in [-0.39, 0.29) is 11.9 Å². The summed E-state index contributed by atoms with van der Waals surface area (Å²) >= 11 is 0. The van der Waals surface area contributed by atoms with Gasteiger partial charge in [-0.05, 0) is 25.8 Å². The van der Waals surface area contributed by atoms with Crippen LogP contribution in [0.3, 0.4) is 0 Å². The van der Waals surface area contributed by atoms with Crippen LogP contribution in [-0.4, -0.2) is 54.0 Å². The van der Waals surface area contributed by atoms with Gasteiger partial charge in [-0.3, -0.25) is 9.69 Å². The van der Waals surface area contributed by atoms with Gasteiger partial charge in [-0.1, -0.05) is 20.8 Å². The first-order valence-electron chi connectivity index (χ1n) is 6.74. The Bertz CT molecular complexity index is 255. The average Bonchev–Trinajstić information content (AvgIpc) is 2.27. The van der Waals surface area contributed by atoms with Gasteiger partial charge in [-0.25, -0.2) is 0 Å². The van der Waals surface area contributed by atoms with Crippen LogP contribution in [-0.2, 0) is 4.79 Å². The Balaban J connectivity index is 2.49. The number of nitrogens with two attached hydrogens (primary N) is 1. The van der Waals surface area contributed by atoms with E-state index in [2.05, 4.69) is 32.6 Å². The number of piperazine rings is 1. The molecule has 0 radical (unpaired) electrons. The van der Waals surface area contributed by atoms with Crippen LogP contribution in [0, 0.1) is 5.92 Å². The van der Waals surface area contributed by atoms with Crippen LogP contribution in [0.25, 0.3) is 0 Å². The molecule has 0 spiro atoms. The van der Waals surface area contributed by atoms with Crippen molar-refractivity contribution in [3.8, 4) is 0 Å². The van der Waals surface area contributed by atoms with Gasteiger partial charge in [0, 0.05) is 25.7 Å². The van der Waals surface area contributed by atoms with Crippen molar-refractivity contribution in [3.05, 3.63) is 0 Å². The number of carbonyl (C=O) groups is 1. The lowest BCUT2D eigenvalue weighted by Gasteiger charge is -2.40. The Kier molecular flexibility index (Phi) is 5.40. The molecular weight excluding hydrogens is 214 g/mol. The lowest BCUT2D eigenvalue weighted by molar-refractivity contribution is -0.135. The second-order valence-corrected chi connectivity index (χ2v) is 5.50. The molecule has 0 aliphatic carbocycles. The van der Waals surface area contributed by atoms with Gasteiger partial charge in [-0.2, -0.15) is 0 Å². The molecule has 100 valence electrons. The Labute approximate surface area is 105 Å². The van der Waals surface area contributed by atoms with E-state index in [1.807, 2.05) is 4.90 Å². The molecule has 4 heteroatoms. The van der Waals surface area contributed by atoms with Crippen LogP contribution in [0.15, 0.2) is 0 Å². The summed E-state index contributed by atoms with van der Waals surface area (Å²) in [4.78, 5) is 16.5. The molecule has 4 nitrogen and oxygen atoms in total. The standard InChI is InChI=1S/C13H27N3O/c1-5-15-6-7-16(9-11(15)4)13(17)12(14)8-10(2)3/h10-12H,5-9,14H2,1-4H3. The lowest BCUT2D eigenvalue weighted by atomic mass is 10.0. The van der Waals surface area contributed by atoms with E-state index in [1.165, 1.54) is 0 Å². The lowest BCUT2D eigenvalue weighted by Crippen LogP contribution is -2.56. The third kappa shape index (κ3) is 3.96. The number of amides is 1. The first-order valence-corrected chi connectivity index (χ1v) is 6.74. The normalized spacial score (nSPS) is 24.1. The molecule has 1 aliphatic rings. The highest BCUT2D eigenvalue weighted by Gasteiger charge is 2.28. The second kappa shape index (κ2) is 6.36. The molecule has 2 N–H and O–H groups in total. The van der Waals surface area contributed by atoms with Gasteiger partial charge in [0.1, 0.15) is 0 Å². The SMILES string of the molecule is CCN1CCN(C(=O)C(N)CC(C)C)CC1C. The molecule has 2 atom stereocenters. The van der Waals surface area contributed by atoms with Crippen LogP contribution >= 0.6 is 0 Å². The summed E-state index contributed by atoms with van der Waals surface area (Å²) < 4.78 is 0. The third-order valence-corrected chi connectivity index (χ3v) is 3.53. The maximum atomic E-state index is 12.2. The number of nitrogens with zero attached hydrogens (tertiary/aromatic N) is 2. The van der Waals surface area contributed by atoms with Gasteiger partial charge in [0.05, 0.1) is 6.04 Å². The predicted octanol–water partition coefficient (Wildman–Crippen LogP) is 0.912. The molecule has 1 fully saturated rings. The quantitative estimate of drug-likeness (QED) is 0.796. The number of likely N-dealkylation sites (N-methyl/N-ethyl adjacent to an activating group) is 1. The molecule has 0 aromatic heterocycles. The molecule has 1 amide bonds. The van der Waals surface area contributed by atoms with Crippen LogP contribution < -0.4 is 5.73 Å². The van der Waals surface area contributed by atoms with Crippen molar-refractivity contribution < 1.29 is 4.79 Å². The maximum absolute atomic E-state index is 12.2. The molecule has 2 unspecified atom stereocenters. The van der Waals surface area contributed by atoms with Gasteiger partial charge in [-0.15, -0.1) is 0 Å². The van der Waals surface area contributed by atoms with Gasteiger partial charge >= 0.3 is 0 Å². The fourth-order valence-electron chi connectivity index (χ4n) is 2.51. The molecule has 0 aromatic carbocycles. The third-order valence-electron chi connectivity index (χ3n) is 3.53. The average molecular weight is 241 g/mol. The summed E-state index contributed by atoms with van der Waals surface area (Å²) in [6.07, 6.45) is 0.779. The van der Waals surface area contributed by atoms with Crippen LogP contribution in [0.2, 0.25) is 0 Å². The largest absolute Gasteiger partial charge is 0.339 e. The van der Waals surface area contributed by atoms with E-state index in [1.54, 1.807) is 0 Å². The second-order valence-electron chi connectivity index (χ2n) is 5.50. The van der Waals surface area contributed by atoms with Crippen molar-refractivity contribution >= 4 is 5.91 Å². The molecule has 1 saturated heterocycles. The van der Waals surface area contributed by atoms with E-state index < -0.39 is 0 Å². The van der Waals surface area contributed by atoms with Crippen molar-refractivity contribution in [3.63, 3.8) is 0 Å². The van der Waals surface area contributed by atoms with Gasteiger partial charge < -0.3 is 10.6 Å². The van der Waals surface area contributed by atoms with Crippen LogP contribution in [0.4, 0.5) is 0 Å². The minimum absolute atomic E-state index is 0.126. The summed E-state index contributed by atoms with van der Waals surface area (Å²) in [7, 11) is 0. The van der Waals surface area contributed by atoms with E-state index in [0.29, 0.717) is 12.0 Å². The summed E-state index contributed by atoms with van der Waals surface area (Å²) in [6, 6.07) is 0.124. The smallest absolute Gasteiger partial charge is 0.239 e. The predicted molar refractivity (Wildman–Crippen MR) is 70.7 cm³/mol. The molecule has 17 heavy (non-hydrogen) atoms. The zero-order valence-corrected chi connectivity index (χ0v) is 11.6. The van der Waals surface area contributed by atoms with Crippen molar-refractivity contribution in [2.75, 3.05) is 26.2 Å². The van der Waals surface area contributed by atoms with Gasteiger partial charge in [0.25, 0.3) is 0 Å². The summed E-state index contributed by atoms with van der Waals surface area (Å²) in [6.45, 7) is 12.2. The minimum atomic E-state index is -0.324. The molecule has 1 aliphatic heterocycles. The highest BCUT2D eigenvalue weighted by atomic mass is 16.2. The fourth-order valence-corrected chi connectivity index (χ4v) is 2.51. The highest BCUT2D eigenvalue weighted by molar-refractivity contribution is 5.81. The molecular formula is C13H27N3O. The summed E-state index contributed by atoms with van der Waals surface area (Å²) in [5.74, 6) is 0.601. The number of hydrogen-bond acceptors (Lipinski definition) is 3. The van der Waals surface area contributed by atoms with Gasteiger partial charge in [0.2, 0.25) is 5.91 Å². The first kappa shape index (κ1) is 14.5. The van der Waals surface area contributed by atoms with Crippen molar-refractivity contribution in [1.82, 2.24) is 9.80 Å². The van der Waals surface area contributed by atoms with Crippen molar-refractivity contribution in [1.29, 1.82) is 0 Å². The number of rotatable bonds is 4. The van der Waals surface area contributed by atoms with E-state index in [4.69, 9.17) is 5.73 Å². The Morgan fingerprint density at radius 1 is 1.41 bits per heavy atom. The topological polar surface area (TPSA) is 49.6 Å². The Morgan fingerprint density at radius 3 is 2.53 bits per heavy atom. The zero-order valence-electron chi connectivity index (χ0n) is 11.6. The van der Waals surface area contributed by atoms with Crippen LogP contribution in [0.1, 0.15) is 34.1 Å². The van der Waals surface area contributed by atoms with Crippen molar-refractivity contribution in [2.45, 2.75) is 46.2 Å². The molecule has 1 heterocycles.